The van der Waals surface area contributed by atoms with E-state index < -0.39 is 5.97 Å². The van der Waals surface area contributed by atoms with Crippen LogP contribution in [0.2, 0.25) is 0 Å². The Balaban J connectivity index is 2.43. The predicted octanol–water partition coefficient (Wildman–Crippen LogP) is 3.95. The molecule has 0 saturated heterocycles. The number of carbonyl (C=O) groups is 2. The summed E-state index contributed by atoms with van der Waals surface area (Å²) in [6, 6.07) is 6.30. The van der Waals surface area contributed by atoms with Gasteiger partial charge in [-0.25, -0.2) is 9.59 Å². The van der Waals surface area contributed by atoms with Crippen molar-refractivity contribution in [2.24, 2.45) is 0 Å². The van der Waals surface area contributed by atoms with Gasteiger partial charge in [0.2, 0.25) is 0 Å². The SMILES string of the molecule is CCCCC/C=C(/C)C(=O)OCc1ccc(C(=O)O)cc1. The van der Waals surface area contributed by atoms with E-state index in [4.69, 9.17) is 9.84 Å². The Kier molecular flexibility index (Phi) is 7.23. The van der Waals surface area contributed by atoms with Gasteiger partial charge in [0.25, 0.3) is 0 Å². The van der Waals surface area contributed by atoms with Gasteiger partial charge in [0.05, 0.1) is 5.56 Å². The number of carboxylic acid groups (broad SMARTS) is 1. The molecule has 1 rings (SSSR count). The van der Waals surface area contributed by atoms with Crippen molar-refractivity contribution in [3.63, 3.8) is 0 Å². The summed E-state index contributed by atoms with van der Waals surface area (Å²) in [4.78, 5) is 22.5. The number of hydrogen-bond acceptors (Lipinski definition) is 3. The number of benzene rings is 1. The smallest absolute Gasteiger partial charge is 0.335 e. The molecule has 0 fully saturated rings. The molecule has 114 valence electrons. The second-order valence-corrected chi connectivity index (χ2v) is 4.96. The molecular formula is C17H22O4. The highest BCUT2D eigenvalue weighted by Gasteiger charge is 2.07. The van der Waals surface area contributed by atoms with Gasteiger partial charge in [-0.3, -0.25) is 0 Å². The minimum atomic E-state index is -0.968. The minimum absolute atomic E-state index is 0.152. The zero-order valence-corrected chi connectivity index (χ0v) is 12.6. The van der Waals surface area contributed by atoms with Crippen LogP contribution < -0.4 is 0 Å². The van der Waals surface area contributed by atoms with E-state index in [0.717, 1.165) is 31.2 Å². The fraction of sp³-hybridized carbons (Fsp3) is 0.412. The van der Waals surface area contributed by atoms with Crippen molar-refractivity contribution in [3.8, 4) is 0 Å². The predicted molar refractivity (Wildman–Crippen MR) is 81.1 cm³/mol. The van der Waals surface area contributed by atoms with Crippen molar-refractivity contribution in [3.05, 3.63) is 47.0 Å². The van der Waals surface area contributed by atoms with Crippen LogP contribution >= 0.6 is 0 Å². The molecule has 0 amide bonds. The third-order valence-corrected chi connectivity index (χ3v) is 3.15. The van der Waals surface area contributed by atoms with Crippen LogP contribution in [-0.2, 0) is 16.1 Å². The number of hydrogen-bond donors (Lipinski definition) is 1. The van der Waals surface area contributed by atoms with Crippen molar-refractivity contribution < 1.29 is 19.4 Å². The molecule has 0 aliphatic carbocycles. The molecule has 21 heavy (non-hydrogen) atoms. The van der Waals surface area contributed by atoms with E-state index >= 15 is 0 Å². The fourth-order valence-corrected chi connectivity index (χ4v) is 1.80. The van der Waals surface area contributed by atoms with Crippen LogP contribution in [0.5, 0.6) is 0 Å². The van der Waals surface area contributed by atoms with E-state index in [1.807, 2.05) is 6.08 Å². The minimum Gasteiger partial charge on any atom is -0.478 e. The van der Waals surface area contributed by atoms with Crippen LogP contribution in [-0.4, -0.2) is 17.0 Å². The molecule has 0 aliphatic heterocycles. The summed E-state index contributed by atoms with van der Waals surface area (Å²) in [6.07, 6.45) is 6.20. The highest BCUT2D eigenvalue weighted by Crippen LogP contribution is 2.09. The molecule has 0 spiro atoms. The molecule has 0 aliphatic rings. The number of carboxylic acids is 1. The average Bonchev–Trinajstić information content (AvgIpc) is 2.49. The topological polar surface area (TPSA) is 63.6 Å². The van der Waals surface area contributed by atoms with E-state index in [1.165, 1.54) is 12.1 Å². The molecule has 0 unspecified atom stereocenters. The Morgan fingerprint density at radius 1 is 1.19 bits per heavy atom. The molecule has 1 aromatic rings. The summed E-state index contributed by atoms with van der Waals surface area (Å²) < 4.78 is 5.19. The molecule has 1 N–H and O–H groups in total. The summed E-state index contributed by atoms with van der Waals surface area (Å²) in [5.74, 6) is -1.29. The van der Waals surface area contributed by atoms with Crippen LogP contribution in [0.15, 0.2) is 35.9 Å². The number of carbonyl (C=O) groups excluding carboxylic acids is 1. The van der Waals surface area contributed by atoms with Gasteiger partial charge in [-0.1, -0.05) is 38.0 Å². The van der Waals surface area contributed by atoms with Crippen molar-refractivity contribution >= 4 is 11.9 Å². The van der Waals surface area contributed by atoms with Gasteiger partial charge in [0, 0.05) is 5.57 Å². The maximum Gasteiger partial charge on any atom is 0.335 e. The quantitative estimate of drug-likeness (QED) is 0.447. The molecule has 0 heterocycles. The highest BCUT2D eigenvalue weighted by molar-refractivity contribution is 5.88. The van der Waals surface area contributed by atoms with E-state index in [9.17, 15) is 9.59 Å². The van der Waals surface area contributed by atoms with Crippen LogP contribution in [0, 0.1) is 0 Å². The Hall–Kier alpha value is -2.10. The number of esters is 1. The number of allylic oxidation sites excluding steroid dienone is 1. The van der Waals surface area contributed by atoms with E-state index in [0.29, 0.717) is 5.57 Å². The molecule has 1 aromatic carbocycles. The zero-order chi connectivity index (χ0) is 15.7. The number of unbranched alkanes of at least 4 members (excludes halogenated alkanes) is 3. The molecule has 4 nitrogen and oxygen atoms in total. The van der Waals surface area contributed by atoms with Crippen molar-refractivity contribution in [1.82, 2.24) is 0 Å². The maximum absolute atomic E-state index is 11.8. The molecular weight excluding hydrogens is 268 g/mol. The Labute approximate surface area is 125 Å². The van der Waals surface area contributed by atoms with Gasteiger partial charge in [0.15, 0.2) is 0 Å². The lowest BCUT2D eigenvalue weighted by atomic mass is 10.1. The lowest BCUT2D eigenvalue weighted by Crippen LogP contribution is -2.06. The standard InChI is InChI=1S/C17H22O4/c1-3-4-5-6-7-13(2)17(20)21-12-14-8-10-15(11-9-14)16(18)19/h7-11H,3-6,12H2,1-2H3,(H,18,19)/b13-7-. The van der Waals surface area contributed by atoms with Gasteiger partial charge >= 0.3 is 11.9 Å². The lowest BCUT2D eigenvalue weighted by molar-refractivity contribution is -0.140. The van der Waals surface area contributed by atoms with E-state index in [1.54, 1.807) is 19.1 Å². The van der Waals surface area contributed by atoms with Crippen LogP contribution in [0.4, 0.5) is 0 Å². The molecule has 0 atom stereocenters. The first-order valence-corrected chi connectivity index (χ1v) is 7.20. The molecule has 0 aromatic heterocycles. The number of rotatable bonds is 8. The van der Waals surface area contributed by atoms with E-state index in [2.05, 4.69) is 6.92 Å². The average molecular weight is 290 g/mol. The molecule has 0 saturated carbocycles. The van der Waals surface area contributed by atoms with Crippen molar-refractivity contribution in [2.45, 2.75) is 46.1 Å². The first kappa shape index (κ1) is 17.0. The molecule has 0 bridgehead atoms. The summed E-state index contributed by atoms with van der Waals surface area (Å²) >= 11 is 0. The lowest BCUT2D eigenvalue weighted by Gasteiger charge is -2.05. The van der Waals surface area contributed by atoms with Crippen molar-refractivity contribution in [2.75, 3.05) is 0 Å². The second-order valence-electron chi connectivity index (χ2n) is 4.96. The van der Waals surface area contributed by atoms with E-state index in [-0.39, 0.29) is 18.1 Å². The Morgan fingerprint density at radius 3 is 2.43 bits per heavy atom. The van der Waals surface area contributed by atoms with Gasteiger partial charge in [-0.05, 0) is 37.5 Å². The number of ether oxygens (including phenoxy) is 1. The van der Waals surface area contributed by atoms with Crippen LogP contribution in [0.25, 0.3) is 0 Å². The first-order valence-electron chi connectivity index (χ1n) is 7.20. The van der Waals surface area contributed by atoms with Gasteiger partial charge in [0.1, 0.15) is 6.61 Å². The monoisotopic (exact) mass is 290 g/mol. The normalized spacial score (nSPS) is 11.2. The molecule has 4 heteroatoms. The highest BCUT2D eigenvalue weighted by atomic mass is 16.5. The fourth-order valence-electron chi connectivity index (χ4n) is 1.80. The van der Waals surface area contributed by atoms with Crippen molar-refractivity contribution in [1.29, 1.82) is 0 Å². The Bertz CT molecular complexity index is 500. The third kappa shape index (κ3) is 6.25. The summed E-state index contributed by atoms with van der Waals surface area (Å²) in [5, 5.41) is 8.79. The zero-order valence-electron chi connectivity index (χ0n) is 12.6. The summed E-state index contributed by atoms with van der Waals surface area (Å²) in [5.41, 5.74) is 1.61. The van der Waals surface area contributed by atoms with Gasteiger partial charge in [-0.2, -0.15) is 0 Å². The summed E-state index contributed by atoms with van der Waals surface area (Å²) in [6.45, 7) is 4.04. The molecule has 0 radical (unpaired) electrons. The van der Waals surface area contributed by atoms with Gasteiger partial charge < -0.3 is 9.84 Å². The summed E-state index contributed by atoms with van der Waals surface area (Å²) in [7, 11) is 0. The van der Waals surface area contributed by atoms with Crippen LogP contribution in [0.1, 0.15) is 55.5 Å². The Morgan fingerprint density at radius 2 is 1.86 bits per heavy atom. The largest absolute Gasteiger partial charge is 0.478 e. The van der Waals surface area contributed by atoms with Gasteiger partial charge in [-0.15, -0.1) is 0 Å². The first-order chi connectivity index (χ1) is 10.0. The third-order valence-electron chi connectivity index (χ3n) is 3.15. The second kappa shape index (κ2) is 8.95. The number of aromatic carboxylic acids is 1. The van der Waals surface area contributed by atoms with Crippen LogP contribution in [0.3, 0.4) is 0 Å². The maximum atomic E-state index is 11.8.